The molecule has 0 spiro atoms. The molecule has 124 valence electrons. The maximum atomic E-state index is 12.2. The van der Waals surface area contributed by atoms with Crippen molar-refractivity contribution < 1.29 is 4.79 Å². The van der Waals surface area contributed by atoms with Gasteiger partial charge in [-0.3, -0.25) is 4.79 Å². The van der Waals surface area contributed by atoms with Crippen molar-refractivity contribution in [2.24, 2.45) is 0 Å². The molecule has 2 heterocycles. The highest BCUT2D eigenvalue weighted by Crippen LogP contribution is 2.19. The van der Waals surface area contributed by atoms with Gasteiger partial charge in [0.25, 0.3) is 0 Å². The van der Waals surface area contributed by atoms with Crippen molar-refractivity contribution in [2.45, 2.75) is 45.1 Å². The third-order valence-electron chi connectivity index (χ3n) is 4.79. The molecule has 1 aliphatic rings. The number of aryl methyl sites for hydroxylation is 1. The zero-order valence-corrected chi connectivity index (χ0v) is 14.0. The van der Waals surface area contributed by atoms with E-state index in [4.69, 9.17) is 0 Å². The maximum Gasteiger partial charge on any atom is 0.220 e. The lowest BCUT2D eigenvalue weighted by Gasteiger charge is -2.32. The number of nitrogens with zero attached hydrogens (tertiary/aromatic N) is 1. The number of hydrogen-bond acceptors (Lipinski definition) is 2. The number of carbonyl (C=O) groups excluding carboxylic acids is 1. The van der Waals surface area contributed by atoms with Crippen LogP contribution in [0.2, 0.25) is 0 Å². The molecule has 1 aromatic heterocycles. The van der Waals surface area contributed by atoms with E-state index in [-0.39, 0.29) is 5.91 Å². The molecule has 4 nitrogen and oxygen atoms in total. The van der Waals surface area contributed by atoms with Crippen LogP contribution >= 0.6 is 0 Å². The van der Waals surface area contributed by atoms with E-state index in [1.54, 1.807) is 0 Å². The number of para-hydroxylation sites is 1. The third-order valence-corrected chi connectivity index (χ3v) is 4.79. The minimum absolute atomic E-state index is 0.184. The first kappa shape index (κ1) is 16.1. The molecule has 1 aromatic carbocycles. The van der Waals surface area contributed by atoms with Crippen LogP contribution in [0.3, 0.4) is 0 Å². The van der Waals surface area contributed by atoms with Crippen molar-refractivity contribution in [2.75, 3.05) is 19.6 Å². The predicted molar refractivity (Wildman–Crippen MR) is 94.5 cm³/mol. The molecule has 4 heteroatoms. The van der Waals surface area contributed by atoms with Crippen LogP contribution < -0.4 is 5.32 Å². The smallest absolute Gasteiger partial charge is 0.220 e. The van der Waals surface area contributed by atoms with Gasteiger partial charge in [-0.05, 0) is 43.9 Å². The molecule has 1 amide bonds. The summed E-state index contributed by atoms with van der Waals surface area (Å²) in [7, 11) is 0. The van der Waals surface area contributed by atoms with Gasteiger partial charge in [-0.15, -0.1) is 0 Å². The van der Waals surface area contributed by atoms with Gasteiger partial charge in [0.15, 0.2) is 0 Å². The first-order valence-electron chi connectivity index (χ1n) is 8.83. The standard InChI is InChI=1S/C19H27N3O/c1-2-11-22-12-9-16(10-13-22)21-19(23)8-7-15-14-20-18-6-4-3-5-17(15)18/h3-6,14,16,20H,2,7-13H2,1H3,(H,21,23). The van der Waals surface area contributed by atoms with Gasteiger partial charge in [0.1, 0.15) is 0 Å². The number of likely N-dealkylation sites (tertiary alicyclic amines) is 1. The van der Waals surface area contributed by atoms with Crippen molar-refractivity contribution in [1.29, 1.82) is 0 Å². The zero-order chi connectivity index (χ0) is 16.1. The monoisotopic (exact) mass is 313 g/mol. The van der Waals surface area contributed by atoms with Crippen LogP contribution in [0.15, 0.2) is 30.5 Å². The van der Waals surface area contributed by atoms with Crippen LogP contribution in [0.4, 0.5) is 0 Å². The topological polar surface area (TPSA) is 48.1 Å². The SMILES string of the molecule is CCCN1CCC(NC(=O)CCc2c[nH]c3ccccc23)CC1. The van der Waals surface area contributed by atoms with Gasteiger partial charge in [0.2, 0.25) is 5.91 Å². The van der Waals surface area contributed by atoms with Gasteiger partial charge in [0.05, 0.1) is 0 Å². The number of fused-ring (bicyclic) bond motifs is 1. The number of rotatable bonds is 6. The molecule has 0 atom stereocenters. The highest BCUT2D eigenvalue weighted by Gasteiger charge is 2.20. The number of nitrogens with one attached hydrogen (secondary N) is 2. The van der Waals surface area contributed by atoms with Gasteiger partial charge in [-0.2, -0.15) is 0 Å². The van der Waals surface area contributed by atoms with E-state index in [0.717, 1.165) is 37.9 Å². The number of benzene rings is 1. The minimum atomic E-state index is 0.184. The summed E-state index contributed by atoms with van der Waals surface area (Å²) in [5.74, 6) is 0.184. The Labute approximate surface area is 138 Å². The van der Waals surface area contributed by atoms with E-state index >= 15 is 0 Å². The summed E-state index contributed by atoms with van der Waals surface area (Å²) < 4.78 is 0. The fourth-order valence-corrected chi connectivity index (χ4v) is 3.50. The zero-order valence-electron chi connectivity index (χ0n) is 14.0. The average molecular weight is 313 g/mol. The molecular weight excluding hydrogens is 286 g/mol. The largest absolute Gasteiger partial charge is 0.361 e. The first-order chi connectivity index (χ1) is 11.3. The fourth-order valence-electron chi connectivity index (χ4n) is 3.50. The quantitative estimate of drug-likeness (QED) is 0.861. The Morgan fingerprint density at radius 3 is 2.87 bits per heavy atom. The summed E-state index contributed by atoms with van der Waals surface area (Å²) in [6, 6.07) is 8.62. The number of amides is 1. The molecule has 2 aromatic rings. The second-order valence-electron chi connectivity index (χ2n) is 6.54. The predicted octanol–water partition coefficient (Wildman–Crippen LogP) is 3.09. The highest BCUT2D eigenvalue weighted by atomic mass is 16.1. The molecule has 0 bridgehead atoms. The molecule has 0 aliphatic carbocycles. The lowest BCUT2D eigenvalue weighted by molar-refractivity contribution is -0.122. The minimum Gasteiger partial charge on any atom is -0.361 e. The molecule has 0 radical (unpaired) electrons. The van der Waals surface area contributed by atoms with E-state index in [9.17, 15) is 4.79 Å². The Hall–Kier alpha value is -1.81. The molecule has 1 saturated heterocycles. The van der Waals surface area contributed by atoms with Gasteiger partial charge < -0.3 is 15.2 Å². The van der Waals surface area contributed by atoms with Crippen molar-refractivity contribution >= 4 is 16.8 Å². The van der Waals surface area contributed by atoms with Crippen molar-refractivity contribution in [1.82, 2.24) is 15.2 Å². The lowest BCUT2D eigenvalue weighted by atomic mass is 10.0. The molecule has 23 heavy (non-hydrogen) atoms. The summed E-state index contributed by atoms with van der Waals surface area (Å²) in [6.45, 7) is 5.63. The molecule has 2 N–H and O–H groups in total. The van der Waals surface area contributed by atoms with E-state index in [1.165, 1.54) is 23.9 Å². The van der Waals surface area contributed by atoms with E-state index in [1.807, 2.05) is 18.3 Å². The number of hydrogen-bond donors (Lipinski definition) is 2. The summed E-state index contributed by atoms with van der Waals surface area (Å²) in [4.78, 5) is 18.0. The summed E-state index contributed by atoms with van der Waals surface area (Å²) >= 11 is 0. The molecule has 0 saturated carbocycles. The van der Waals surface area contributed by atoms with Gasteiger partial charge in [-0.25, -0.2) is 0 Å². The van der Waals surface area contributed by atoms with Crippen molar-refractivity contribution in [3.63, 3.8) is 0 Å². The summed E-state index contributed by atoms with van der Waals surface area (Å²) in [5, 5.41) is 4.45. The number of aromatic nitrogens is 1. The highest BCUT2D eigenvalue weighted by molar-refractivity contribution is 5.84. The van der Waals surface area contributed by atoms with Crippen molar-refractivity contribution in [3.05, 3.63) is 36.0 Å². The molecular formula is C19H27N3O. The first-order valence-corrected chi connectivity index (χ1v) is 8.83. The van der Waals surface area contributed by atoms with Crippen LogP contribution in [0.25, 0.3) is 10.9 Å². The Morgan fingerprint density at radius 2 is 2.09 bits per heavy atom. The normalized spacial score (nSPS) is 16.7. The van der Waals surface area contributed by atoms with Gasteiger partial charge >= 0.3 is 0 Å². The number of piperidine rings is 1. The Kier molecular flexibility index (Phi) is 5.34. The Bertz CT molecular complexity index is 641. The average Bonchev–Trinajstić information content (AvgIpc) is 2.98. The van der Waals surface area contributed by atoms with Gasteiger partial charge in [-0.1, -0.05) is 25.1 Å². The molecule has 3 rings (SSSR count). The Balaban J connectivity index is 1.45. The summed E-state index contributed by atoms with van der Waals surface area (Å²) in [6.07, 6.45) is 6.77. The number of aromatic amines is 1. The lowest BCUT2D eigenvalue weighted by Crippen LogP contribution is -2.44. The van der Waals surface area contributed by atoms with Crippen LogP contribution in [0.5, 0.6) is 0 Å². The second kappa shape index (κ2) is 7.64. The van der Waals surface area contributed by atoms with Crippen molar-refractivity contribution in [3.8, 4) is 0 Å². The number of H-pyrrole nitrogens is 1. The van der Waals surface area contributed by atoms with Crippen LogP contribution in [0.1, 0.15) is 38.2 Å². The second-order valence-corrected chi connectivity index (χ2v) is 6.54. The molecule has 0 unspecified atom stereocenters. The third kappa shape index (κ3) is 4.14. The van der Waals surface area contributed by atoms with E-state index in [0.29, 0.717) is 12.5 Å². The molecule has 1 aliphatic heterocycles. The van der Waals surface area contributed by atoms with E-state index < -0.39 is 0 Å². The van der Waals surface area contributed by atoms with Crippen LogP contribution in [-0.4, -0.2) is 41.5 Å². The number of carbonyl (C=O) groups is 1. The van der Waals surface area contributed by atoms with Gasteiger partial charge in [0, 0.05) is 42.7 Å². The van der Waals surface area contributed by atoms with E-state index in [2.05, 4.69) is 34.3 Å². The van der Waals surface area contributed by atoms with Crippen LogP contribution in [-0.2, 0) is 11.2 Å². The maximum absolute atomic E-state index is 12.2. The van der Waals surface area contributed by atoms with Crippen LogP contribution in [0, 0.1) is 0 Å². The summed E-state index contributed by atoms with van der Waals surface area (Å²) in [5.41, 5.74) is 2.37. The molecule has 1 fully saturated rings. The fraction of sp³-hybridized carbons (Fsp3) is 0.526. The Morgan fingerprint density at radius 1 is 1.30 bits per heavy atom.